The summed E-state index contributed by atoms with van der Waals surface area (Å²) in [6.45, 7) is 4.89. The number of ether oxygens (including phenoxy) is 1. The smallest absolute Gasteiger partial charge is 0.232 e. The van der Waals surface area contributed by atoms with Crippen LogP contribution in [-0.4, -0.2) is 71.4 Å². The van der Waals surface area contributed by atoms with Crippen molar-refractivity contribution in [3.05, 3.63) is 29.3 Å². The van der Waals surface area contributed by atoms with Crippen molar-refractivity contribution in [3.8, 4) is 0 Å². The molecule has 1 saturated heterocycles. The zero-order chi connectivity index (χ0) is 19.0. The van der Waals surface area contributed by atoms with E-state index >= 15 is 0 Å². The number of hydrogen-bond donors (Lipinski definition) is 1. The number of anilines is 1. The maximum atomic E-state index is 12.0. The highest BCUT2D eigenvalue weighted by atomic mass is 35.5. The van der Waals surface area contributed by atoms with Gasteiger partial charge in [-0.2, -0.15) is 0 Å². The second kappa shape index (κ2) is 10.1. The third kappa shape index (κ3) is 7.11. The molecule has 0 unspecified atom stereocenters. The van der Waals surface area contributed by atoms with Gasteiger partial charge in [-0.05, 0) is 30.7 Å². The number of nitrogens with zero attached hydrogens (tertiary/aromatic N) is 2. The average molecular weight is 404 g/mol. The third-order valence-corrected chi connectivity index (χ3v) is 5.58. The molecule has 146 valence electrons. The van der Waals surface area contributed by atoms with Crippen LogP contribution < -0.4 is 9.62 Å². The lowest BCUT2D eigenvalue weighted by Crippen LogP contribution is -2.41. The molecule has 1 aromatic rings. The Hall–Kier alpha value is -1.35. The van der Waals surface area contributed by atoms with E-state index in [-0.39, 0.29) is 18.9 Å². The minimum absolute atomic E-state index is 0.0668. The number of hydrogen-bond acceptors (Lipinski definition) is 5. The standard InChI is InChI=1S/C17H26ClN3O4S/c1-26(23,24)21(16-6-4-15(18)5-7-16)9-2-3-17(22)19-8-10-20-11-13-25-14-12-20/h4-7H,2-3,8-14H2,1H3,(H,19,22). The minimum Gasteiger partial charge on any atom is -0.379 e. The molecule has 1 aliphatic heterocycles. The number of halogens is 1. The van der Waals surface area contributed by atoms with E-state index in [4.69, 9.17) is 16.3 Å². The number of nitrogens with one attached hydrogen (secondary N) is 1. The Morgan fingerprint density at radius 2 is 1.92 bits per heavy atom. The van der Waals surface area contributed by atoms with Gasteiger partial charge in [0.1, 0.15) is 0 Å². The summed E-state index contributed by atoms with van der Waals surface area (Å²) in [5, 5.41) is 3.43. The first kappa shape index (κ1) is 21.0. The van der Waals surface area contributed by atoms with Crippen LogP contribution in [0.4, 0.5) is 5.69 Å². The fraction of sp³-hybridized carbons (Fsp3) is 0.588. The highest BCUT2D eigenvalue weighted by Crippen LogP contribution is 2.20. The van der Waals surface area contributed by atoms with E-state index in [9.17, 15) is 13.2 Å². The maximum absolute atomic E-state index is 12.0. The molecule has 0 radical (unpaired) electrons. The first-order chi connectivity index (χ1) is 12.4. The zero-order valence-electron chi connectivity index (χ0n) is 15.0. The first-order valence-corrected chi connectivity index (χ1v) is 10.9. The molecule has 0 saturated carbocycles. The van der Waals surface area contributed by atoms with E-state index < -0.39 is 10.0 Å². The lowest BCUT2D eigenvalue weighted by atomic mass is 10.2. The molecule has 26 heavy (non-hydrogen) atoms. The molecule has 1 N–H and O–H groups in total. The molecular weight excluding hydrogens is 378 g/mol. The average Bonchev–Trinajstić information content (AvgIpc) is 2.60. The van der Waals surface area contributed by atoms with Crippen LogP contribution in [0.25, 0.3) is 0 Å². The number of benzene rings is 1. The molecule has 7 nitrogen and oxygen atoms in total. The largest absolute Gasteiger partial charge is 0.379 e. The number of carbonyl (C=O) groups is 1. The van der Waals surface area contributed by atoms with E-state index in [2.05, 4.69) is 10.2 Å². The Labute approximate surface area is 160 Å². The summed E-state index contributed by atoms with van der Waals surface area (Å²) < 4.78 is 30.6. The van der Waals surface area contributed by atoms with Crippen LogP contribution in [0.1, 0.15) is 12.8 Å². The molecule has 1 aliphatic rings. The molecule has 0 bridgehead atoms. The molecule has 0 aliphatic carbocycles. The molecule has 1 amide bonds. The van der Waals surface area contributed by atoms with E-state index in [1.807, 2.05) is 0 Å². The summed E-state index contributed by atoms with van der Waals surface area (Å²) in [7, 11) is -3.42. The Bertz CT molecular complexity index is 676. The normalized spacial score (nSPS) is 15.6. The number of sulfonamides is 1. The summed E-state index contributed by atoms with van der Waals surface area (Å²) in [5.41, 5.74) is 0.546. The Morgan fingerprint density at radius 3 is 2.54 bits per heavy atom. The first-order valence-electron chi connectivity index (χ1n) is 8.66. The molecular formula is C17H26ClN3O4S. The van der Waals surface area contributed by atoms with Crippen LogP contribution in [0.3, 0.4) is 0 Å². The third-order valence-electron chi connectivity index (χ3n) is 4.13. The number of morpholine rings is 1. The molecule has 1 fully saturated rings. The van der Waals surface area contributed by atoms with Crippen LogP contribution in [0.2, 0.25) is 5.02 Å². The molecule has 0 aromatic heterocycles. The molecule has 2 rings (SSSR count). The van der Waals surface area contributed by atoms with Crippen molar-refractivity contribution in [1.29, 1.82) is 0 Å². The Balaban J connectivity index is 1.74. The molecule has 0 atom stereocenters. The van der Waals surface area contributed by atoms with Crippen molar-refractivity contribution in [2.45, 2.75) is 12.8 Å². The summed E-state index contributed by atoms with van der Waals surface area (Å²) in [6.07, 6.45) is 1.88. The Morgan fingerprint density at radius 1 is 1.27 bits per heavy atom. The summed E-state index contributed by atoms with van der Waals surface area (Å²) >= 11 is 5.85. The van der Waals surface area contributed by atoms with Crippen molar-refractivity contribution < 1.29 is 17.9 Å². The number of carbonyl (C=O) groups excluding carboxylic acids is 1. The highest BCUT2D eigenvalue weighted by Gasteiger charge is 2.17. The highest BCUT2D eigenvalue weighted by molar-refractivity contribution is 7.92. The van der Waals surface area contributed by atoms with Gasteiger partial charge in [-0.3, -0.25) is 14.0 Å². The van der Waals surface area contributed by atoms with E-state index in [1.165, 1.54) is 4.31 Å². The predicted molar refractivity (Wildman–Crippen MR) is 103 cm³/mol. The lowest BCUT2D eigenvalue weighted by molar-refractivity contribution is -0.121. The van der Waals surface area contributed by atoms with Gasteiger partial charge in [0.25, 0.3) is 0 Å². The summed E-state index contributed by atoms with van der Waals surface area (Å²) in [5.74, 6) is -0.0668. The second-order valence-corrected chi connectivity index (χ2v) is 8.56. The quantitative estimate of drug-likeness (QED) is 0.673. The van der Waals surface area contributed by atoms with Gasteiger partial charge >= 0.3 is 0 Å². The molecule has 0 spiro atoms. The predicted octanol–water partition coefficient (Wildman–Crippen LogP) is 1.33. The van der Waals surface area contributed by atoms with Crippen molar-refractivity contribution in [3.63, 3.8) is 0 Å². The van der Waals surface area contributed by atoms with Crippen LogP contribution in [0.5, 0.6) is 0 Å². The van der Waals surface area contributed by atoms with Gasteiger partial charge in [-0.1, -0.05) is 11.6 Å². The second-order valence-electron chi connectivity index (χ2n) is 6.22. The molecule has 1 heterocycles. The van der Waals surface area contributed by atoms with Crippen molar-refractivity contribution in [1.82, 2.24) is 10.2 Å². The number of rotatable bonds is 9. The van der Waals surface area contributed by atoms with Gasteiger partial charge in [-0.25, -0.2) is 8.42 Å². The Kier molecular flexibility index (Phi) is 8.15. The maximum Gasteiger partial charge on any atom is 0.232 e. The van der Waals surface area contributed by atoms with Gasteiger partial charge in [0, 0.05) is 44.2 Å². The van der Waals surface area contributed by atoms with Crippen LogP contribution in [0, 0.1) is 0 Å². The van der Waals surface area contributed by atoms with E-state index in [0.717, 1.165) is 39.1 Å². The minimum atomic E-state index is -3.42. The summed E-state index contributed by atoms with van der Waals surface area (Å²) in [4.78, 5) is 14.2. The SMILES string of the molecule is CS(=O)(=O)N(CCCC(=O)NCCN1CCOCC1)c1ccc(Cl)cc1. The topological polar surface area (TPSA) is 79.0 Å². The summed E-state index contributed by atoms with van der Waals surface area (Å²) in [6, 6.07) is 6.61. The monoisotopic (exact) mass is 403 g/mol. The van der Waals surface area contributed by atoms with Crippen LogP contribution in [0.15, 0.2) is 24.3 Å². The zero-order valence-corrected chi connectivity index (χ0v) is 16.6. The fourth-order valence-corrected chi connectivity index (χ4v) is 3.83. The van der Waals surface area contributed by atoms with Gasteiger partial charge in [0.05, 0.1) is 25.2 Å². The fourth-order valence-electron chi connectivity index (χ4n) is 2.74. The lowest BCUT2D eigenvalue weighted by Gasteiger charge is -2.26. The van der Waals surface area contributed by atoms with Crippen molar-refractivity contribution in [2.75, 3.05) is 56.5 Å². The van der Waals surface area contributed by atoms with Crippen LogP contribution in [-0.2, 0) is 19.6 Å². The van der Waals surface area contributed by atoms with E-state index in [1.54, 1.807) is 24.3 Å². The van der Waals surface area contributed by atoms with Gasteiger partial charge in [0.2, 0.25) is 15.9 Å². The number of amides is 1. The van der Waals surface area contributed by atoms with E-state index in [0.29, 0.717) is 23.7 Å². The van der Waals surface area contributed by atoms with Crippen LogP contribution >= 0.6 is 11.6 Å². The molecule has 1 aromatic carbocycles. The van der Waals surface area contributed by atoms with Gasteiger partial charge < -0.3 is 10.1 Å². The molecule has 9 heteroatoms. The van der Waals surface area contributed by atoms with Gasteiger partial charge in [0.15, 0.2) is 0 Å². The van der Waals surface area contributed by atoms with Crippen molar-refractivity contribution >= 4 is 33.2 Å². The van der Waals surface area contributed by atoms with Gasteiger partial charge in [-0.15, -0.1) is 0 Å². The van der Waals surface area contributed by atoms with Crippen molar-refractivity contribution in [2.24, 2.45) is 0 Å².